The molecule has 1 heterocycles. The summed E-state index contributed by atoms with van der Waals surface area (Å²) in [6.07, 6.45) is 5.00. The van der Waals surface area contributed by atoms with E-state index in [1.807, 2.05) is 0 Å². The molecule has 0 unspecified atom stereocenters. The highest BCUT2D eigenvalue weighted by atomic mass is 32.2. The van der Waals surface area contributed by atoms with Gasteiger partial charge in [-0.1, -0.05) is 19.3 Å². The second kappa shape index (κ2) is 5.86. The van der Waals surface area contributed by atoms with E-state index in [4.69, 9.17) is 0 Å². The van der Waals surface area contributed by atoms with Crippen LogP contribution in [-0.4, -0.2) is 55.9 Å². The summed E-state index contributed by atoms with van der Waals surface area (Å²) in [5.74, 6) is 0.546. The summed E-state index contributed by atoms with van der Waals surface area (Å²) in [6.45, 7) is 1.02. The highest BCUT2D eigenvalue weighted by molar-refractivity contribution is 7.89. The molecule has 0 amide bonds. The van der Waals surface area contributed by atoms with E-state index in [0.29, 0.717) is 19.0 Å². The van der Waals surface area contributed by atoms with Gasteiger partial charge in [0.1, 0.15) is 0 Å². The number of hydrogen-bond acceptors (Lipinski definition) is 4. The van der Waals surface area contributed by atoms with E-state index < -0.39 is 16.1 Å². The van der Waals surface area contributed by atoms with E-state index >= 15 is 0 Å². The minimum absolute atomic E-state index is 0.243. The zero-order chi connectivity index (χ0) is 13.2. The molecule has 18 heavy (non-hydrogen) atoms. The molecule has 0 radical (unpaired) electrons. The number of β-amino-alcohol motifs (C(OH)–C–C–N with tert-alkyl or cyclic N) is 1. The van der Waals surface area contributed by atoms with Gasteiger partial charge in [-0.05, 0) is 18.8 Å². The van der Waals surface area contributed by atoms with E-state index in [2.05, 4.69) is 5.32 Å². The van der Waals surface area contributed by atoms with Crippen molar-refractivity contribution in [2.75, 3.05) is 25.9 Å². The van der Waals surface area contributed by atoms with Gasteiger partial charge in [0, 0.05) is 20.1 Å². The van der Waals surface area contributed by atoms with E-state index in [9.17, 15) is 13.5 Å². The number of sulfonamides is 1. The summed E-state index contributed by atoms with van der Waals surface area (Å²) in [6, 6.07) is -0.307. The number of rotatable bonds is 4. The Morgan fingerprint density at radius 1 is 1.22 bits per heavy atom. The Bertz CT molecular complexity index is 366. The largest absolute Gasteiger partial charge is 0.390 e. The number of nitrogens with zero attached hydrogens (tertiary/aromatic N) is 1. The lowest BCUT2D eigenvalue weighted by atomic mass is 9.91. The van der Waals surface area contributed by atoms with Crippen LogP contribution in [-0.2, 0) is 10.0 Å². The first kappa shape index (κ1) is 14.2. The molecule has 5 nitrogen and oxygen atoms in total. The predicted molar refractivity (Wildman–Crippen MR) is 70.8 cm³/mol. The Morgan fingerprint density at radius 2 is 1.89 bits per heavy atom. The molecule has 2 aliphatic rings. The first-order valence-corrected chi connectivity index (χ1v) is 8.46. The van der Waals surface area contributed by atoms with Gasteiger partial charge in [-0.3, -0.25) is 0 Å². The van der Waals surface area contributed by atoms with E-state index in [0.717, 1.165) is 25.7 Å². The fraction of sp³-hybridized carbons (Fsp3) is 1.00. The van der Waals surface area contributed by atoms with Crippen molar-refractivity contribution in [3.05, 3.63) is 0 Å². The van der Waals surface area contributed by atoms with Crippen molar-refractivity contribution >= 4 is 10.0 Å². The molecule has 6 heteroatoms. The van der Waals surface area contributed by atoms with E-state index in [-0.39, 0.29) is 11.8 Å². The Balaban J connectivity index is 1.96. The van der Waals surface area contributed by atoms with Gasteiger partial charge < -0.3 is 10.4 Å². The molecule has 0 spiro atoms. The van der Waals surface area contributed by atoms with Crippen molar-refractivity contribution in [1.82, 2.24) is 9.62 Å². The molecule has 2 atom stereocenters. The molecule has 1 saturated heterocycles. The van der Waals surface area contributed by atoms with Crippen molar-refractivity contribution in [3.63, 3.8) is 0 Å². The first-order chi connectivity index (χ1) is 8.50. The molecule has 0 aromatic rings. The lowest BCUT2D eigenvalue weighted by Crippen LogP contribution is -2.46. The van der Waals surface area contributed by atoms with Crippen molar-refractivity contribution in [3.8, 4) is 0 Å². The molecular formula is C12H24N2O3S. The van der Waals surface area contributed by atoms with E-state index in [1.165, 1.54) is 10.7 Å². The van der Waals surface area contributed by atoms with Gasteiger partial charge in [-0.2, -0.15) is 4.31 Å². The topological polar surface area (TPSA) is 69.6 Å². The second-order valence-corrected chi connectivity index (χ2v) is 7.66. The quantitative estimate of drug-likeness (QED) is 0.767. The maximum absolute atomic E-state index is 12.3. The summed E-state index contributed by atoms with van der Waals surface area (Å²) in [5.41, 5.74) is 0. The van der Waals surface area contributed by atoms with Crippen LogP contribution in [0.15, 0.2) is 0 Å². The van der Waals surface area contributed by atoms with Gasteiger partial charge in [0.05, 0.1) is 17.9 Å². The standard InChI is InChI=1S/C12H24N2O3S/c1-14(11-7-13-8-12(11)15)18(16,17)9-10-5-3-2-4-6-10/h10-13,15H,2-9H2,1H3/t11-,12-/m1/s1. The summed E-state index contributed by atoms with van der Waals surface area (Å²) in [5, 5.41) is 12.8. The first-order valence-electron chi connectivity index (χ1n) is 6.85. The van der Waals surface area contributed by atoms with Crippen molar-refractivity contribution in [2.24, 2.45) is 5.92 Å². The molecular weight excluding hydrogens is 252 g/mol. The Morgan fingerprint density at radius 3 is 2.44 bits per heavy atom. The minimum Gasteiger partial charge on any atom is -0.390 e. The third-order valence-corrected chi connectivity index (χ3v) is 6.27. The minimum atomic E-state index is -3.24. The number of aliphatic hydroxyl groups is 1. The lowest BCUT2D eigenvalue weighted by molar-refractivity contribution is 0.136. The molecule has 0 bridgehead atoms. The number of nitrogens with one attached hydrogen (secondary N) is 1. The molecule has 1 aliphatic heterocycles. The molecule has 2 rings (SSSR count). The normalized spacial score (nSPS) is 31.1. The number of likely N-dealkylation sites (N-methyl/N-ethyl adjacent to an activating group) is 1. The van der Waals surface area contributed by atoms with Gasteiger partial charge in [-0.15, -0.1) is 0 Å². The average Bonchev–Trinajstić information content (AvgIpc) is 2.75. The Hall–Kier alpha value is -0.170. The molecule has 2 N–H and O–H groups in total. The van der Waals surface area contributed by atoms with Gasteiger partial charge >= 0.3 is 0 Å². The zero-order valence-electron chi connectivity index (χ0n) is 11.0. The summed E-state index contributed by atoms with van der Waals surface area (Å²) < 4.78 is 26.0. The highest BCUT2D eigenvalue weighted by Crippen LogP contribution is 2.26. The van der Waals surface area contributed by atoms with Gasteiger partial charge in [0.15, 0.2) is 0 Å². The monoisotopic (exact) mass is 276 g/mol. The van der Waals surface area contributed by atoms with Crippen LogP contribution in [0.5, 0.6) is 0 Å². The number of hydrogen-bond donors (Lipinski definition) is 2. The Labute approximate surface area is 110 Å². The van der Waals surface area contributed by atoms with E-state index in [1.54, 1.807) is 7.05 Å². The van der Waals surface area contributed by atoms with Crippen LogP contribution < -0.4 is 5.32 Å². The second-order valence-electron chi connectivity index (χ2n) is 5.59. The summed E-state index contributed by atoms with van der Waals surface area (Å²) in [4.78, 5) is 0. The molecule has 106 valence electrons. The van der Waals surface area contributed by atoms with Crippen LogP contribution in [0.3, 0.4) is 0 Å². The SMILES string of the molecule is CN([C@@H]1CNC[C@H]1O)S(=O)(=O)CC1CCCCC1. The van der Waals surface area contributed by atoms with Crippen LogP contribution in [0.25, 0.3) is 0 Å². The van der Waals surface area contributed by atoms with Crippen LogP contribution in [0.2, 0.25) is 0 Å². The third-order valence-electron chi connectivity index (χ3n) is 4.23. The summed E-state index contributed by atoms with van der Waals surface area (Å²) >= 11 is 0. The van der Waals surface area contributed by atoms with Crippen molar-refractivity contribution in [2.45, 2.75) is 44.2 Å². The van der Waals surface area contributed by atoms with Gasteiger partial charge in [0.25, 0.3) is 0 Å². The lowest BCUT2D eigenvalue weighted by Gasteiger charge is -2.29. The van der Waals surface area contributed by atoms with Crippen LogP contribution in [0.1, 0.15) is 32.1 Å². The number of aliphatic hydroxyl groups excluding tert-OH is 1. The molecule has 1 aliphatic carbocycles. The molecule has 2 fully saturated rings. The fourth-order valence-electron chi connectivity index (χ4n) is 3.00. The molecule has 0 aromatic carbocycles. The molecule has 0 aromatic heterocycles. The van der Waals surface area contributed by atoms with Crippen LogP contribution >= 0.6 is 0 Å². The van der Waals surface area contributed by atoms with Crippen molar-refractivity contribution < 1.29 is 13.5 Å². The summed E-state index contributed by atoms with van der Waals surface area (Å²) in [7, 11) is -1.65. The maximum atomic E-state index is 12.3. The van der Waals surface area contributed by atoms with Crippen LogP contribution in [0, 0.1) is 5.92 Å². The molecule has 1 saturated carbocycles. The third kappa shape index (κ3) is 3.23. The predicted octanol–water partition coefficient (Wildman–Crippen LogP) is 0.161. The zero-order valence-corrected chi connectivity index (χ0v) is 11.8. The average molecular weight is 276 g/mol. The maximum Gasteiger partial charge on any atom is 0.214 e. The smallest absolute Gasteiger partial charge is 0.214 e. The van der Waals surface area contributed by atoms with Crippen LogP contribution in [0.4, 0.5) is 0 Å². The fourth-order valence-corrected chi connectivity index (χ4v) is 4.79. The Kier molecular flexibility index (Phi) is 4.64. The van der Waals surface area contributed by atoms with Crippen molar-refractivity contribution in [1.29, 1.82) is 0 Å². The highest BCUT2D eigenvalue weighted by Gasteiger charge is 2.35. The van der Waals surface area contributed by atoms with Gasteiger partial charge in [-0.25, -0.2) is 8.42 Å². The van der Waals surface area contributed by atoms with Gasteiger partial charge in [0.2, 0.25) is 10.0 Å².